The molecule has 0 saturated carbocycles. The number of rotatable bonds is 2. The van der Waals surface area contributed by atoms with Crippen molar-refractivity contribution in [2.75, 3.05) is 32.1 Å². The maximum atomic E-state index is 11.9. The minimum Gasteiger partial charge on any atom is -0.444 e. The Morgan fingerprint density at radius 1 is 1.40 bits per heavy atom. The van der Waals surface area contributed by atoms with Crippen molar-refractivity contribution < 1.29 is 9.53 Å². The van der Waals surface area contributed by atoms with Crippen molar-refractivity contribution >= 4 is 11.8 Å². The molecule has 0 aliphatic carbocycles. The Hall–Kier alpha value is -1.78. The zero-order valence-electron chi connectivity index (χ0n) is 12.9. The number of anilines is 1. The van der Waals surface area contributed by atoms with Crippen LogP contribution in [0.25, 0.3) is 0 Å². The highest BCUT2D eigenvalue weighted by atomic mass is 16.6. The molecule has 1 aliphatic heterocycles. The van der Waals surface area contributed by atoms with Gasteiger partial charge in [-0.15, -0.1) is 0 Å². The van der Waals surface area contributed by atoms with Gasteiger partial charge in [0.1, 0.15) is 5.60 Å². The molecule has 5 nitrogen and oxygen atoms in total. The molecular weight excluding hydrogens is 254 g/mol. The van der Waals surface area contributed by atoms with E-state index in [1.807, 2.05) is 47.1 Å². The third kappa shape index (κ3) is 3.21. The Bertz CT molecular complexity index is 488. The Kier molecular flexibility index (Phi) is 3.88. The molecule has 1 aromatic heterocycles. The first-order valence-corrected chi connectivity index (χ1v) is 6.87. The van der Waals surface area contributed by atoms with Gasteiger partial charge in [0.2, 0.25) is 0 Å². The van der Waals surface area contributed by atoms with E-state index in [1.54, 1.807) is 11.1 Å². The highest BCUT2D eigenvalue weighted by Gasteiger charge is 2.35. The summed E-state index contributed by atoms with van der Waals surface area (Å²) in [6.45, 7) is 7.04. The molecule has 20 heavy (non-hydrogen) atoms. The molecule has 110 valence electrons. The number of carbonyl (C=O) groups is 1. The first kappa shape index (κ1) is 14.6. The van der Waals surface area contributed by atoms with Crippen molar-refractivity contribution in [1.29, 1.82) is 0 Å². The van der Waals surface area contributed by atoms with E-state index >= 15 is 0 Å². The lowest BCUT2D eigenvalue weighted by molar-refractivity contribution is 0.00820. The number of likely N-dealkylation sites (tertiary alicyclic amines) is 1. The van der Waals surface area contributed by atoms with Gasteiger partial charge in [-0.2, -0.15) is 0 Å². The van der Waals surface area contributed by atoms with Gasteiger partial charge in [-0.05, 0) is 26.8 Å². The van der Waals surface area contributed by atoms with Crippen LogP contribution in [0, 0.1) is 0 Å². The Morgan fingerprint density at radius 2 is 2.05 bits per heavy atom. The molecule has 0 aromatic carbocycles. The van der Waals surface area contributed by atoms with E-state index in [0.29, 0.717) is 19.0 Å². The Labute approximate surface area is 120 Å². The number of hydrogen-bond donors (Lipinski definition) is 0. The fourth-order valence-electron chi connectivity index (χ4n) is 2.27. The van der Waals surface area contributed by atoms with Gasteiger partial charge in [-0.25, -0.2) is 4.79 Å². The first-order chi connectivity index (χ1) is 9.28. The molecule has 1 aliphatic rings. The summed E-state index contributed by atoms with van der Waals surface area (Å²) in [7, 11) is 4.03. The number of nitrogens with zero attached hydrogens (tertiary/aromatic N) is 3. The normalized spacial score (nSPS) is 15.8. The van der Waals surface area contributed by atoms with Gasteiger partial charge < -0.3 is 14.5 Å². The first-order valence-electron chi connectivity index (χ1n) is 6.87. The van der Waals surface area contributed by atoms with Gasteiger partial charge in [-0.3, -0.25) is 4.98 Å². The second kappa shape index (κ2) is 5.31. The van der Waals surface area contributed by atoms with E-state index in [9.17, 15) is 4.79 Å². The minimum atomic E-state index is -0.439. The zero-order chi connectivity index (χ0) is 14.9. The van der Waals surface area contributed by atoms with Crippen LogP contribution in [0.4, 0.5) is 10.5 Å². The Balaban J connectivity index is 1.99. The molecule has 1 amide bonds. The molecule has 1 fully saturated rings. The van der Waals surface area contributed by atoms with Crippen LogP contribution in [0.3, 0.4) is 0 Å². The van der Waals surface area contributed by atoms with E-state index < -0.39 is 5.60 Å². The molecule has 0 bridgehead atoms. The van der Waals surface area contributed by atoms with Crippen LogP contribution in [0.2, 0.25) is 0 Å². The van der Waals surface area contributed by atoms with Crippen molar-refractivity contribution in [2.24, 2.45) is 0 Å². The van der Waals surface area contributed by atoms with E-state index in [0.717, 1.165) is 5.69 Å². The molecule has 1 saturated heterocycles. The van der Waals surface area contributed by atoms with Gasteiger partial charge in [0.05, 0.1) is 0 Å². The molecule has 0 radical (unpaired) electrons. The van der Waals surface area contributed by atoms with E-state index in [1.165, 1.54) is 5.56 Å². The average molecular weight is 277 g/mol. The maximum absolute atomic E-state index is 11.9. The predicted octanol–water partition coefficient (Wildman–Crippen LogP) is 2.48. The van der Waals surface area contributed by atoms with E-state index in [4.69, 9.17) is 4.74 Å². The summed E-state index contributed by atoms with van der Waals surface area (Å²) < 4.78 is 5.36. The summed E-state index contributed by atoms with van der Waals surface area (Å²) in [4.78, 5) is 19.9. The lowest BCUT2D eigenvalue weighted by Crippen LogP contribution is -2.50. The second-order valence-corrected chi connectivity index (χ2v) is 6.41. The summed E-state index contributed by atoms with van der Waals surface area (Å²) in [5.41, 5.74) is 1.91. The number of pyridine rings is 1. The molecule has 1 aromatic rings. The van der Waals surface area contributed by atoms with Crippen LogP contribution >= 0.6 is 0 Å². The summed E-state index contributed by atoms with van der Waals surface area (Å²) in [5, 5.41) is 0. The number of amides is 1. The van der Waals surface area contributed by atoms with Crippen molar-refractivity contribution in [2.45, 2.75) is 32.3 Å². The second-order valence-electron chi connectivity index (χ2n) is 6.41. The third-order valence-corrected chi connectivity index (χ3v) is 3.28. The predicted molar refractivity (Wildman–Crippen MR) is 79.1 cm³/mol. The molecule has 0 spiro atoms. The molecule has 2 rings (SSSR count). The standard InChI is InChI=1S/C15H23N3O2/c1-15(2,3)20-14(19)18-9-11(10-18)12-8-16-7-6-13(12)17(4)5/h6-8,11H,9-10H2,1-5H3. The SMILES string of the molecule is CN(C)c1ccncc1C1CN(C(=O)OC(C)(C)C)C1. The number of aromatic nitrogens is 1. The van der Waals surface area contributed by atoms with Gasteiger partial charge in [0.15, 0.2) is 0 Å². The maximum Gasteiger partial charge on any atom is 0.410 e. The highest BCUT2D eigenvalue weighted by molar-refractivity contribution is 5.70. The van der Waals surface area contributed by atoms with Crippen molar-refractivity contribution in [3.63, 3.8) is 0 Å². The molecule has 0 N–H and O–H groups in total. The largest absolute Gasteiger partial charge is 0.444 e. The summed E-state index contributed by atoms with van der Waals surface area (Å²) in [6, 6.07) is 2.01. The topological polar surface area (TPSA) is 45.7 Å². The van der Waals surface area contributed by atoms with Crippen molar-refractivity contribution in [3.05, 3.63) is 24.0 Å². The van der Waals surface area contributed by atoms with E-state index in [2.05, 4.69) is 9.88 Å². The summed E-state index contributed by atoms with van der Waals surface area (Å²) in [6.07, 6.45) is 3.46. The van der Waals surface area contributed by atoms with Gasteiger partial charge in [0, 0.05) is 56.7 Å². The number of carbonyl (C=O) groups excluding carboxylic acids is 1. The highest BCUT2D eigenvalue weighted by Crippen LogP contribution is 2.33. The van der Waals surface area contributed by atoms with Gasteiger partial charge >= 0.3 is 6.09 Å². The van der Waals surface area contributed by atoms with Crippen molar-refractivity contribution in [1.82, 2.24) is 9.88 Å². The lowest BCUT2D eigenvalue weighted by atomic mass is 9.91. The molecular formula is C15H23N3O2. The molecule has 0 atom stereocenters. The van der Waals surface area contributed by atoms with Crippen molar-refractivity contribution in [3.8, 4) is 0 Å². The fourth-order valence-corrected chi connectivity index (χ4v) is 2.27. The van der Waals surface area contributed by atoms with Crippen LogP contribution < -0.4 is 4.90 Å². The van der Waals surface area contributed by atoms with Crippen LogP contribution in [0.15, 0.2) is 18.5 Å². The van der Waals surface area contributed by atoms with Crippen LogP contribution in [-0.2, 0) is 4.74 Å². The number of ether oxygens (including phenoxy) is 1. The lowest BCUT2D eigenvalue weighted by Gasteiger charge is -2.40. The number of hydrogen-bond acceptors (Lipinski definition) is 4. The third-order valence-electron chi connectivity index (χ3n) is 3.28. The molecule has 5 heteroatoms. The van der Waals surface area contributed by atoms with Gasteiger partial charge in [-0.1, -0.05) is 0 Å². The van der Waals surface area contributed by atoms with Crippen LogP contribution in [0.1, 0.15) is 32.3 Å². The fraction of sp³-hybridized carbons (Fsp3) is 0.600. The zero-order valence-corrected chi connectivity index (χ0v) is 12.9. The van der Waals surface area contributed by atoms with Gasteiger partial charge in [0.25, 0.3) is 0 Å². The summed E-state index contributed by atoms with van der Waals surface area (Å²) >= 11 is 0. The Morgan fingerprint density at radius 3 is 2.60 bits per heavy atom. The van der Waals surface area contributed by atoms with Crippen LogP contribution in [0.5, 0.6) is 0 Å². The van der Waals surface area contributed by atoms with Crippen LogP contribution in [-0.4, -0.2) is 48.8 Å². The summed E-state index contributed by atoms with van der Waals surface area (Å²) in [5.74, 6) is 0.341. The molecule has 2 heterocycles. The van der Waals surface area contributed by atoms with E-state index in [-0.39, 0.29) is 6.09 Å². The quantitative estimate of drug-likeness (QED) is 0.833. The average Bonchev–Trinajstić information content (AvgIpc) is 2.24. The monoisotopic (exact) mass is 277 g/mol. The minimum absolute atomic E-state index is 0.232. The molecule has 0 unspecified atom stereocenters. The smallest absolute Gasteiger partial charge is 0.410 e.